The highest BCUT2D eigenvalue weighted by Gasteiger charge is 2.28. The molecule has 0 saturated carbocycles. The average Bonchev–Trinajstić information content (AvgIpc) is 3.07. The van der Waals surface area contributed by atoms with Gasteiger partial charge < -0.3 is 18.9 Å². The van der Waals surface area contributed by atoms with Gasteiger partial charge in [-0.3, -0.25) is 0 Å². The van der Waals surface area contributed by atoms with E-state index in [4.69, 9.17) is 18.9 Å². The standard InChI is InChI=1S/C38H32Br2O4/c39-37-31-17-9-7-15-29(31)19-21-33(37)43-35(25-41-23-27-11-3-1-4-12-27)36(26-42-24-28-13-5-2-6-14-28)44-34-22-20-30-16-8-10-18-32(30)38(34)40/h1-22,35-36H,23-26H2/t35-,36-/m1/s1. The summed E-state index contributed by atoms with van der Waals surface area (Å²) in [6.45, 7) is 1.49. The van der Waals surface area contributed by atoms with Crippen molar-refractivity contribution in [2.24, 2.45) is 0 Å². The highest BCUT2D eigenvalue weighted by molar-refractivity contribution is 9.11. The molecule has 6 aromatic rings. The highest BCUT2D eigenvalue weighted by Crippen LogP contribution is 2.36. The number of hydrogen-bond donors (Lipinski definition) is 0. The van der Waals surface area contributed by atoms with Crippen LogP contribution in [-0.2, 0) is 22.7 Å². The molecule has 0 bridgehead atoms. The number of rotatable bonds is 13. The Kier molecular flexibility index (Phi) is 10.3. The van der Waals surface area contributed by atoms with Crippen LogP contribution in [0.3, 0.4) is 0 Å². The molecule has 0 N–H and O–H groups in total. The van der Waals surface area contributed by atoms with Gasteiger partial charge in [-0.2, -0.15) is 0 Å². The van der Waals surface area contributed by atoms with Crippen LogP contribution in [0, 0.1) is 0 Å². The van der Waals surface area contributed by atoms with Crippen molar-refractivity contribution >= 4 is 53.4 Å². The molecule has 0 aliphatic heterocycles. The predicted octanol–water partition coefficient (Wildman–Crippen LogP) is 10.1. The van der Waals surface area contributed by atoms with Crippen molar-refractivity contribution in [1.82, 2.24) is 0 Å². The molecule has 0 aromatic heterocycles. The predicted molar refractivity (Wildman–Crippen MR) is 184 cm³/mol. The molecule has 2 atom stereocenters. The van der Waals surface area contributed by atoms with Crippen molar-refractivity contribution in [1.29, 1.82) is 0 Å². The highest BCUT2D eigenvalue weighted by atomic mass is 79.9. The molecule has 0 aliphatic rings. The van der Waals surface area contributed by atoms with Crippen LogP contribution in [0.5, 0.6) is 11.5 Å². The Hall–Kier alpha value is -3.68. The molecule has 0 spiro atoms. The van der Waals surface area contributed by atoms with Crippen molar-refractivity contribution in [2.45, 2.75) is 25.4 Å². The molecule has 0 heterocycles. The molecule has 6 aromatic carbocycles. The van der Waals surface area contributed by atoms with E-state index in [1.807, 2.05) is 72.8 Å². The number of hydrogen-bond acceptors (Lipinski definition) is 4. The summed E-state index contributed by atoms with van der Waals surface area (Å²) in [5.74, 6) is 1.43. The maximum absolute atomic E-state index is 6.76. The molecule has 6 rings (SSSR count). The van der Waals surface area contributed by atoms with Gasteiger partial charge in [0.05, 0.1) is 35.4 Å². The van der Waals surface area contributed by atoms with E-state index >= 15 is 0 Å². The Bertz CT molecular complexity index is 1680. The lowest BCUT2D eigenvalue weighted by atomic mass is 10.1. The molecular formula is C38H32Br2O4. The Morgan fingerprint density at radius 1 is 0.432 bits per heavy atom. The van der Waals surface area contributed by atoms with Crippen LogP contribution in [0.2, 0.25) is 0 Å². The van der Waals surface area contributed by atoms with Crippen LogP contribution in [0.1, 0.15) is 11.1 Å². The maximum atomic E-state index is 6.76. The molecule has 222 valence electrons. The fourth-order valence-corrected chi connectivity index (χ4v) is 6.28. The minimum Gasteiger partial charge on any atom is -0.483 e. The summed E-state index contributed by atoms with van der Waals surface area (Å²) >= 11 is 7.62. The lowest BCUT2D eigenvalue weighted by Gasteiger charge is -2.29. The van der Waals surface area contributed by atoms with Gasteiger partial charge in [0.25, 0.3) is 0 Å². The molecule has 0 aliphatic carbocycles. The Morgan fingerprint density at radius 2 is 0.818 bits per heavy atom. The van der Waals surface area contributed by atoms with Crippen molar-refractivity contribution in [2.75, 3.05) is 13.2 Å². The van der Waals surface area contributed by atoms with E-state index in [0.717, 1.165) is 41.6 Å². The van der Waals surface area contributed by atoms with Crippen LogP contribution >= 0.6 is 31.9 Å². The zero-order valence-corrected chi connectivity index (χ0v) is 27.2. The second-order valence-corrected chi connectivity index (χ2v) is 12.1. The van der Waals surface area contributed by atoms with Crippen molar-refractivity contribution in [3.63, 3.8) is 0 Å². The van der Waals surface area contributed by atoms with E-state index in [1.165, 1.54) is 0 Å². The fraction of sp³-hybridized carbons (Fsp3) is 0.158. The maximum Gasteiger partial charge on any atom is 0.161 e. The van der Waals surface area contributed by atoms with Crippen LogP contribution in [0.15, 0.2) is 142 Å². The molecule has 0 unspecified atom stereocenters. The van der Waals surface area contributed by atoms with Gasteiger partial charge in [0, 0.05) is 0 Å². The van der Waals surface area contributed by atoms with Gasteiger partial charge in [-0.15, -0.1) is 0 Å². The summed E-state index contributed by atoms with van der Waals surface area (Å²) in [6, 6.07) is 44.8. The molecule has 0 amide bonds. The Balaban J connectivity index is 1.31. The van der Waals surface area contributed by atoms with Crippen molar-refractivity contribution < 1.29 is 18.9 Å². The first kappa shape index (κ1) is 30.4. The smallest absolute Gasteiger partial charge is 0.161 e. The molecule has 6 heteroatoms. The third-order valence-electron chi connectivity index (χ3n) is 7.41. The second kappa shape index (κ2) is 14.9. The van der Waals surface area contributed by atoms with Crippen molar-refractivity contribution in [3.8, 4) is 11.5 Å². The van der Waals surface area contributed by atoms with Gasteiger partial charge >= 0.3 is 0 Å². The van der Waals surface area contributed by atoms with Gasteiger partial charge in [0.15, 0.2) is 12.2 Å². The van der Waals surface area contributed by atoms with E-state index in [2.05, 4.69) is 92.5 Å². The largest absolute Gasteiger partial charge is 0.483 e. The zero-order chi connectivity index (χ0) is 30.1. The Labute approximate surface area is 274 Å². The normalized spacial score (nSPS) is 12.7. The number of benzene rings is 6. The minimum absolute atomic E-state index is 0.290. The molecule has 44 heavy (non-hydrogen) atoms. The first-order valence-corrected chi connectivity index (χ1v) is 16.2. The third kappa shape index (κ3) is 7.51. The summed E-state index contributed by atoms with van der Waals surface area (Å²) < 4.78 is 27.9. The van der Waals surface area contributed by atoms with Crippen molar-refractivity contribution in [3.05, 3.63) is 154 Å². The lowest BCUT2D eigenvalue weighted by Crippen LogP contribution is -2.43. The first-order chi connectivity index (χ1) is 21.7. The molecule has 4 nitrogen and oxygen atoms in total. The van der Waals surface area contributed by atoms with Crippen LogP contribution in [0.4, 0.5) is 0 Å². The SMILES string of the molecule is Brc1c(O[C@H](COCc2ccccc2)[C@@H](COCc2ccccc2)Oc2ccc3ccccc3c2Br)ccc2ccccc12. The topological polar surface area (TPSA) is 36.9 Å². The lowest BCUT2D eigenvalue weighted by molar-refractivity contribution is -0.0548. The average molecular weight is 712 g/mol. The summed E-state index contributed by atoms with van der Waals surface area (Å²) in [7, 11) is 0. The van der Waals surface area contributed by atoms with Crippen LogP contribution in [0.25, 0.3) is 21.5 Å². The number of fused-ring (bicyclic) bond motifs is 2. The quantitative estimate of drug-likeness (QED) is 0.120. The van der Waals surface area contributed by atoms with Gasteiger partial charge in [-0.25, -0.2) is 0 Å². The van der Waals surface area contributed by atoms with Crippen LogP contribution < -0.4 is 9.47 Å². The van der Waals surface area contributed by atoms with Gasteiger partial charge in [0.1, 0.15) is 11.5 Å². The van der Waals surface area contributed by atoms with E-state index in [0.29, 0.717) is 37.9 Å². The van der Waals surface area contributed by atoms with Crippen LogP contribution in [-0.4, -0.2) is 25.4 Å². The summed E-state index contributed by atoms with van der Waals surface area (Å²) in [6.07, 6.45) is -0.990. The third-order valence-corrected chi connectivity index (χ3v) is 9.05. The van der Waals surface area contributed by atoms with E-state index < -0.39 is 12.2 Å². The Morgan fingerprint density at radius 3 is 1.25 bits per heavy atom. The van der Waals surface area contributed by atoms with E-state index in [9.17, 15) is 0 Å². The molecule has 0 radical (unpaired) electrons. The van der Waals surface area contributed by atoms with Gasteiger partial charge in [0.2, 0.25) is 0 Å². The zero-order valence-electron chi connectivity index (χ0n) is 24.1. The summed E-state index contributed by atoms with van der Waals surface area (Å²) in [4.78, 5) is 0. The molecule has 0 fully saturated rings. The summed E-state index contributed by atoms with van der Waals surface area (Å²) in [5, 5.41) is 4.40. The first-order valence-electron chi connectivity index (χ1n) is 14.6. The number of ether oxygens (including phenoxy) is 4. The molecule has 0 saturated heterocycles. The summed E-state index contributed by atoms with van der Waals surface area (Å²) in [5.41, 5.74) is 2.18. The monoisotopic (exact) mass is 710 g/mol. The van der Waals surface area contributed by atoms with E-state index in [1.54, 1.807) is 0 Å². The van der Waals surface area contributed by atoms with E-state index in [-0.39, 0.29) is 0 Å². The minimum atomic E-state index is -0.495. The fourth-order valence-electron chi connectivity index (χ4n) is 5.10. The van der Waals surface area contributed by atoms with Gasteiger partial charge in [-0.05, 0) is 76.7 Å². The molecular weight excluding hydrogens is 680 g/mol. The van der Waals surface area contributed by atoms with Gasteiger partial charge in [-0.1, -0.05) is 121 Å². The second-order valence-electron chi connectivity index (χ2n) is 10.5. The number of halogens is 2.